The second-order valence-corrected chi connectivity index (χ2v) is 11.9. The van der Waals surface area contributed by atoms with E-state index in [4.69, 9.17) is 0 Å². The normalized spacial score (nSPS) is 12.8. The minimum atomic E-state index is -3.85. The van der Waals surface area contributed by atoms with Crippen molar-refractivity contribution in [3.8, 4) is 0 Å². The lowest BCUT2D eigenvalue weighted by Crippen LogP contribution is -2.54. The van der Waals surface area contributed by atoms with E-state index in [0.29, 0.717) is 5.69 Å². The number of hydrogen-bond donors (Lipinski definition) is 1. The number of amides is 2. The molecule has 0 unspecified atom stereocenters. The Morgan fingerprint density at radius 3 is 2.11 bits per heavy atom. The van der Waals surface area contributed by atoms with Gasteiger partial charge in [0.2, 0.25) is 21.8 Å². The summed E-state index contributed by atoms with van der Waals surface area (Å²) in [6.45, 7) is 10.2. The van der Waals surface area contributed by atoms with Crippen LogP contribution in [0, 0.1) is 5.82 Å². The van der Waals surface area contributed by atoms with Crippen molar-refractivity contribution in [1.29, 1.82) is 0 Å². The number of benzene rings is 2. The van der Waals surface area contributed by atoms with Crippen molar-refractivity contribution in [2.75, 3.05) is 17.1 Å². The van der Waals surface area contributed by atoms with E-state index >= 15 is 0 Å². The van der Waals surface area contributed by atoms with Gasteiger partial charge in [-0.2, -0.15) is 0 Å². The average molecular weight is 506 g/mol. The number of sulfonamides is 1. The fraction of sp³-hybridized carbons (Fsp3) is 0.462. The first-order valence-electron chi connectivity index (χ1n) is 11.5. The Morgan fingerprint density at radius 2 is 1.57 bits per heavy atom. The molecule has 0 radical (unpaired) electrons. The third-order valence-corrected chi connectivity index (χ3v) is 6.60. The highest BCUT2D eigenvalue weighted by atomic mass is 32.2. The SMILES string of the molecule is CC(C)c1ccccc1N(CC(=O)N(Cc1ccccc1F)[C@@H](C)C(=O)NC(C)(C)C)S(C)(=O)=O. The first kappa shape index (κ1) is 28.3. The second-order valence-electron chi connectivity index (χ2n) is 10.0. The van der Waals surface area contributed by atoms with Crippen molar-refractivity contribution < 1.29 is 22.4 Å². The van der Waals surface area contributed by atoms with Gasteiger partial charge in [-0.25, -0.2) is 12.8 Å². The van der Waals surface area contributed by atoms with Crippen LogP contribution in [-0.2, 0) is 26.2 Å². The van der Waals surface area contributed by atoms with Crippen molar-refractivity contribution >= 4 is 27.5 Å². The lowest BCUT2D eigenvalue weighted by molar-refractivity contribution is -0.140. The van der Waals surface area contributed by atoms with Crippen LogP contribution in [0.4, 0.5) is 10.1 Å². The van der Waals surface area contributed by atoms with Gasteiger partial charge in [-0.1, -0.05) is 50.2 Å². The van der Waals surface area contributed by atoms with Crippen LogP contribution in [0.3, 0.4) is 0 Å². The predicted octanol–water partition coefficient (Wildman–Crippen LogP) is 4.05. The van der Waals surface area contributed by atoms with Gasteiger partial charge in [0.1, 0.15) is 18.4 Å². The molecule has 0 aliphatic rings. The molecule has 0 saturated heterocycles. The van der Waals surface area contributed by atoms with E-state index in [1.165, 1.54) is 23.1 Å². The zero-order valence-corrected chi connectivity index (χ0v) is 22.3. The predicted molar refractivity (Wildman–Crippen MR) is 137 cm³/mol. The Morgan fingerprint density at radius 1 is 1.00 bits per heavy atom. The average Bonchev–Trinajstić information content (AvgIpc) is 2.74. The molecule has 0 fully saturated rings. The number of nitrogens with one attached hydrogen (secondary N) is 1. The van der Waals surface area contributed by atoms with E-state index in [9.17, 15) is 22.4 Å². The zero-order valence-electron chi connectivity index (χ0n) is 21.5. The van der Waals surface area contributed by atoms with Crippen molar-refractivity contribution in [2.24, 2.45) is 0 Å². The molecule has 0 bridgehead atoms. The molecule has 192 valence electrons. The Hall–Kier alpha value is -2.94. The highest BCUT2D eigenvalue weighted by molar-refractivity contribution is 7.92. The molecule has 1 atom stereocenters. The quantitative estimate of drug-likeness (QED) is 0.557. The summed E-state index contributed by atoms with van der Waals surface area (Å²) in [6, 6.07) is 12.0. The van der Waals surface area contributed by atoms with E-state index in [1.54, 1.807) is 25.1 Å². The third kappa shape index (κ3) is 7.78. The van der Waals surface area contributed by atoms with Gasteiger partial charge in [-0.15, -0.1) is 0 Å². The van der Waals surface area contributed by atoms with Crippen LogP contribution in [0.5, 0.6) is 0 Å². The van der Waals surface area contributed by atoms with Gasteiger partial charge in [0.25, 0.3) is 0 Å². The standard InChI is InChI=1S/C26H36FN3O4S/c1-18(2)21-13-9-11-15-23(21)30(35(7,33)34)17-24(31)29(16-20-12-8-10-14-22(20)27)19(3)25(32)28-26(4,5)6/h8-15,18-19H,16-17H2,1-7H3,(H,28,32)/t19-/m0/s1. The van der Waals surface area contributed by atoms with Gasteiger partial charge in [-0.3, -0.25) is 13.9 Å². The molecule has 9 heteroatoms. The van der Waals surface area contributed by atoms with Crippen LogP contribution >= 0.6 is 0 Å². The Kier molecular flexibility index (Phi) is 9.06. The Bertz CT molecular complexity index is 1160. The third-order valence-electron chi connectivity index (χ3n) is 5.47. The second kappa shape index (κ2) is 11.2. The van der Waals surface area contributed by atoms with Crippen LogP contribution in [-0.4, -0.2) is 49.5 Å². The molecule has 2 amide bonds. The molecule has 2 rings (SSSR count). The van der Waals surface area contributed by atoms with Crippen molar-refractivity contribution in [1.82, 2.24) is 10.2 Å². The van der Waals surface area contributed by atoms with Crippen LogP contribution in [0.15, 0.2) is 48.5 Å². The summed E-state index contributed by atoms with van der Waals surface area (Å²) >= 11 is 0. The fourth-order valence-corrected chi connectivity index (χ4v) is 4.53. The molecule has 7 nitrogen and oxygen atoms in total. The van der Waals surface area contributed by atoms with E-state index in [-0.39, 0.29) is 18.0 Å². The number of nitrogens with zero attached hydrogens (tertiary/aromatic N) is 2. The zero-order chi connectivity index (χ0) is 26.6. The number of para-hydroxylation sites is 1. The van der Waals surface area contributed by atoms with Crippen LogP contribution in [0.2, 0.25) is 0 Å². The lowest BCUT2D eigenvalue weighted by Gasteiger charge is -2.33. The van der Waals surface area contributed by atoms with Crippen molar-refractivity contribution in [3.63, 3.8) is 0 Å². The smallest absolute Gasteiger partial charge is 0.244 e. The molecule has 0 heterocycles. The van der Waals surface area contributed by atoms with E-state index in [0.717, 1.165) is 16.1 Å². The number of hydrogen-bond acceptors (Lipinski definition) is 4. The van der Waals surface area contributed by atoms with E-state index in [1.807, 2.05) is 46.8 Å². The summed E-state index contributed by atoms with van der Waals surface area (Å²) in [5.41, 5.74) is 0.846. The summed E-state index contributed by atoms with van der Waals surface area (Å²) < 4.78 is 41.1. The minimum Gasteiger partial charge on any atom is -0.350 e. The number of carbonyl (C=O) groups is 2. The summed E-state index contributed by atoms with van der Waals surface area (Å²) in [5, 5.41) is 2.84. The number of carbonyl (C=O) groups excluding carboxylic acids is 2. The number of anilines is 1. The van der Waals surface area contributed by atoms with Crippen molar-refractivity contribution in [2.45, 2.75) is 65.6 Å². The fourth-order valence-electron chi connectivity index (χ4n) is 3.66. The molecule has 0 aliphatic heterocycles. The van der Waals surface area contributed by atoms with Crippen LogP contribution in [0.25, 0.3) is 0 Å². The molecule has 2 aromatic carbocycles. The van der Waals surface area contributed by atoms with Crippen molar-refractivity contribution in [3.05, 3.63) is 65.5 Å². The monoisotopic (exact) mass is 505 g/mol. The van der Waals surface area contributed by atoms with Gasteiger partial charge in [0.05, 0.1) is 11.9 Å². The maximum atomic E-state index is 14.5. The first-order chi connectivity index (χ1) is 16.1. The van der Waals surface area contributed by atoms with E-state index in [2.05, 4.69) is 5.32 Å². The Balaban J connectivity index is 2.49. The molecule has 1 N–H and O–H groups in total. The number of halogens is 1. The van der Waals surface area contributed by atoms with Gasteiger partial charge < -0.3 is 10.2 Å². The maximum Gasteiger partial charge on any atom is 0.244 e. The minimum absolute atomic E-state index is 0.0107. The van der Waals surface area contributed by atoms with Crippen LogP contribution < -0.4 is 9.62 Å². The van der Waals surface area contributed by atoms with Crippen LogP contribution in [0.1, 0.15) is 58.6 Å². The molecule has 0 aliphatic carbocycles. The molecule has 0 spiro atoms. The maximum absolute atomic E-state index is 14.5. The van der Waals surface area contributed by atoms with Gasteiger partial charge in [0, 0.05) is 17.6 Å². The molecular weight excluding hydrogens is 469 g/mol. The Labute approximate surface area is 208 Å². The van der Waals surface area contributed by atoms with Gasteiger partial charge in [-0.05, 0) is 51.3 Å². The summed E-state index contributed by atoms with van der Waals surface area (Å²) in [5.74, 6) is -1.54. The largest absolute Gasteiger partial charge is 0.350 e. The molecule has 35 heavy (non-hydrogen) atoms. The molecule has 0 aromatic heterocycles. The first-order valence-corrected chi connectivity index (χ1v) is 13.4. The highest BCUT2D eigenvalue weighted by Crippen LogP contribution is 2.29. The van der Waals surface area contributed by atoms with Gasteiger partial charge in [0.15, 0.2) is 0 Å². The lowest BCUT2D eigenvalue weighted by atomic mass is 10.0. The summed E-state index contributed by atoms with van der Waals surface area (Å²) in [6.07, 6.45) is 1.04. The number of rotatable bonds is 9. The summed E-state index contributed by atoms with van der Waals surface area (Å²) in [7, 11) is -3.85. The highest BCUT2D eigenvalue weighted by Gasteiger charge is 2.32. The topological polar surface area (TPSA) is 86.8 Å². The van der Waals surface area contributed by atoms with E-state index < -0.39 is 45.8 Å². The van der Waals surface area contributed by atoms with Gasteiger partial charge >= 0.3 is 0 Å². The molecular formula is C26H36FN3O4S. The molecule has 2 aromatic rings. The summed E-state index contributed by atoms with van der Waals surface area (Å²) in [4.78, 5) is 27.8. The molecule has 0 saturated carbocycles.